The zero-order valence-corrected chi connectivity index (χ0v) is 15.0. The van der Waals surface area contributed by atoms with Gasteiger partial charge in [0.2, 0.25) is 5.91 Å². The fourth-order valence-corrected chi connectivity index (χ4v) is 3.68. The average molecular weight is 356 g/mol. The first-order valence-corrected chi connectivity index (χ1v) is 9.10. The number of rotatable bonds is 5. The molecule has 3 heterocycles. The van der Waals surface area contributed by atoms with Crippen molar-refractivity contribution in [2.45, 2.75) is 25.4 Å². The fraction of sp³-hybridized carbons (Fsp3) is 0.450. The van der Waals surface area contributed by atoms with Gasteiger partial charge in [0.15, 0.2) is 11.5 Å². The van der Waals surface area contributed by atoms with Gasteiger partial charge in [-0.3, -0.25) is 9.69 Å². The number of benzene rings is 1. The SMILES string of the molecule is CN(Cc1ccco1)C(=O)CN1CCCC1c1ccc2c(c1)OCCO2. The molecule has 1 amide bonds. The van der Waals surface area contributed by atoms with Crippen LogP contribution in [-0.2, 0) is 11.3 Å². The van der Waals surface area contributed by atoms with E-state index in [0.717, 1.165) is 36.6 Å². The number of likely N-dealkylation sites (tertiary alicyclic amines) is 1. The molecule has 0 bridgehead atoms. The largest absolute Gasteiger partial charge is 0.486 e. The lowest BCUT2D eigenvalue weighted by Crippen LogP contribution is -2.37. The zero-order valence-electron chi connectivity index (χ0n) is 15.0. The molecule has 1 unspecified atom stereocenters. The van der Waals surface area contributed by atoms with Gasteiger partial charge in [-0.05, 0) is 49.2 Å². The van der Waals surface area contributed by atoms with E-state index in [2.05, 4.69) is 17.0 Å². The number of amides is 1. The van der Waals surface area contributed by atoms with Gasteiger partial charge >= 0.3 is 0 Å². The molecule has 4 rings (SSSR count). The number of furan rings is 1. The third kappa shape index (κ3) is 3.55. The highest BCUT2D eigenvalue weighted by Crippen LogP contribution is 2.37. The Morgan fingerprint density at radius 1 is 1.23 bits per heavy atom. The molecule has 6 heteroatoms. The van der Waals surface area contributed by atoms with Crippen LogP contribution < -0.4 is 9.47 Å². The topological polar surface area (TPSA) is 55.2 Å². The number of carbonyl (C=O) groups is 1. The molecule has 0 N–H and O–H groups in total. The summed E-state index contributed by atoms with van der Waals surface area (Å²) in [6, 6.07) is 10.1. The second kappa shape index (κ2) is 7.41. The van der Waals surface area contributed by atoms with Crippen molar-refractivity contribution in [1.82, 2.24) is 9.80 Å². The number of nitrogens with zero attached hydrogens (tertiary/aromatic N) is 2. The maximum atomic E-state index is 12.6. The molecule has 0 spiro atoms. The first kappa shape index (κ1) is 17.0. The predicted molar refractivity (Wildman–Crippen MR) is 96.2 cm³/mol. The molecule has 2 aromatic rings. The van der Waals surface area contributed by atoms with Gasteiger partial charge in [-0.2, -0.15) is 0 Å². The highest BCUT2D eigenvalue weighted by atomic mass is 16.6. The van der Waals surface area contributed by atoms with Gasteiger partial charge in [-0.1, -0.05) is 6.07 Å². The second-order valence-electron chi connectivity index (χ2n) is 6.86. The van der Waals surface area contributed by atoms with Gasteiger partial charge in [-0.15, -0.1) is 0 Å². The van der Waals surface area contributed by atoms with Crippen molar-refractivity contribution in [3.05, 3.63) is 47.9 Å². The van der Waals surface area contributed by atoms with E-state index in [1.165, 1.54) is 5.56 Å². The van der Waals surface area contributed by atoms with Gasteiger partial charge in [0.1, 0.15) is 19.0 Å². The highest BCUT2D eigenvalue weighted by Gasteiger charge is 2.29. The summed E-state index contributed by atoms with van der Waals surface area (Å²) >= 11 is 0. The van der Waals surface area contributed by atoms with Crippen molar-refractivity contribution in [3.8, 4) is 11.5 Å². The van der Waals surface area contributed by atoms with Crippen molar-refractivity contribution < 1.29 is 18.7 Å². The molecule has 1 saturated heterocycles. The van der Waals surface area contributed by atoms with Crippen LogP contribution in [0.15, 0.2) is 41.0 Å². The number of ether oxygens (including phenoxy) is 2. The lowest BCUT2D eigenvalue weighted by atomic mass is 10.0. The summed E-state index contributed by atoms with van der Waals surface area (Å²) in [6.45, 7) is 3.02. The standard InChI is InChI=1S/C20H24N2O4/c1-21(13-16-4-3-9-24-16)20(23)14-22-8-2-5-17(22)15-6-7-18-19(12-15)26-11-10-25-18/h3-4,6-7,9,12,17H,2,5,8,10-11,13-14H2,1H3. The van der Waals surface area contributed by atoms with Crippen LogP contribution in [0.25, 0.3) is 0 Å². The van der Waals surface area contributed by atoms with Crippen LogP contribution in [0.4, 0.5) is 0 Å². The number of likely N-dealkylation sites (N-methyl/N-ethyl adjacent to an activating group) is 1. The maximum Gasteiger partial charge on any atom is 0.236 e. The Kier molecular flexibility index (Phi) is 4.84. The molecule has 2 aliphatic heterocycles. The molecule has 1 aromatic heterocycles. The first-order valence-electron chi connectivity index (χ1n) is 9.10. The van der Waals surface area contributed by atoms with Crippen LogP contribution in [0, 0.1) is 0 Å². The quantitative estimate of drug-likeness (QED) is 0.825. The summed E-state index contributed by atoms with van der Waals surface area (Å²) in [5.41, 5.74) is 1.19. The lowest BCUT2D eigenvalue weighted by molar-refractivity contribution is -0.132. The van der Waals surface area contributed by atoms with Gasteiger partial charge in [0.05, 0.1) is 19.4 Å². The molecule has 2 aliphatic rings. The minimum Gasteiger partial charge on any atom is -0.486 e. The minimum absolute atomic E-state index is 0.103. The predicted octanol–water partition coefficient (Wildman–Crippen LogP) is 2.85. The molecule has 1 fully saturated rings. The van der Waals surface area contributed by atoms with E-state index < -0.39 is 0 Å². The van der Waals surface area contributed by atoms with Crippen LogP contribution in [-0.4, -0.2) is 49.1 Å². The Morgan fingerprint density at radius 2 is 2.08 bits per heavy atom. The van der Waals surface area contributed by atoms with Crippen molar-refractivity contribution in [2.75, 3.05) is 33.4 Å². The third-order valence-corrected chi connectivity index (χ3v) is 5.05. The number of carbonyl (C=O) groups excluding carboxylic acids is 1. The van der Waals surface area contributed by atoms with Crippen LogP contribution in [0.1, 0.15) is 30.2 Å². The van der Waals surface area contributed by atoms with Gasteiger partial charge < -0.3 is 18.8 Å². The van der Waals surface area contributed by atoms with Crippen molar-refractivity contribution in [2.24, 2.45) is 0 Å². The summed E-state index contributed by atoms with van der Waals surface area (Å²) in [6.07, 6.45) is 3.77. The molecule has 138 valence electrons. The van der Waals surface area contributed by atoms with Crippen molar-refractivity contribution in [3.63, 3.8) is 0 Å². The van der Waals surface area contributed by atoms with E-state index in [-0.39, 0.29) is 11.9 Å². The Labute approximate surface area is 153 Å². The molecular weight excluding hydrogens is 332 g/mol. The molecular formula is C20H24N2O4. The summed E-state index contributed by atoms with van der Waals surface area (Å²) in [5, 5.41) is 0. The number of hydrogen-bond donors (Lipinski definition) is 0. The second-order valence-corrected chi connectivity index (χ2v) is 6.86. The monoisotopic (exact) mass is 356 g/mol. The van der Waals surface area contributed by atoms with Crippen LogP contribution in [0.2, 0.25) is 0 Å². The summed E-state index contributed by atoms with van der Waals surface area (Å²) < 4.78 is 16.6. The van der Waals surface area contributed by atoms with Crippen molar-refractivity contribution in [1.29, 1.82) is 0 Å². The summed E-state index contributed by atoms with van der Waals surface area (Å²) in [5.74, 6) is 2.51. The van der Waals surface area contributed by atoms with E-state index in [1.54, 1.807) is 11.2 Å². The third-order valence-electron chi connectivity index (χ3n) is 5.05. The molecule has 6 nitrogen and oxygen atoms in total. The average Bonchev–Trinajstić information content (AvgIpc) is 3.33. The summed E-state index contributed by atoms with van der Waals surface area (Å²) in [7, 11) is 1.82. The smallest absolute Gasteiger partial charge is 0.236 e. The van der Waals surface area contributed by atoms with Gasteiger partial charge in [0, 0.05) is 13.1 Å². The molecule has 26 heavy (non-hydrogen) atoms. The molecule has 0 aliphatic carbocycles. The lowest BCUT2D eigenvalue weighted by Gasteiger charge is -2.27. The van der Waals surface area contributed by atoms with E-state index in [9.17, 15) is 4.79 Å². The van der Waals surface area contributed by atoms with Crippen molar-refractivity contribution >= 4 is 5.91 Å². The zero-order chi connectivity index (χ0) is 17.9. The molecule has 1 atom stereocenters. The first-order chi connectivity index (χ1) is 12.7. The Balaban J connectivity index is 1.42. The van der Waals surface area contributed by atoms with Crippen LogP contribution in [0.3, 0.4) is 0 Å². The fourth-order valence-electron chi connectivity index (χ4n) is 3.68. The number of fused-ring (bicyclic) bond motifs is 1. The number of hydrogen-bond acceptors (Lipinski definition) is 5. The molecule has 0 radical (unpaired) electrons. The van der Waals surface area contributed by atoms with Gasteiger partial charge in [-0.25, -0.2) is 0 Å². The molecule has 1 aromatic carbocycles. The Bertz CT molecular complexity index is 759. The minimum atomic E-state index is 0.103. The summed E-state index contributed by atoms with van der Waals surface area (Å²) in [4.78, 5) is 16.6. The Morgan fingerprint density at radius 3 is 2.88 bits per heavy atom. The van der Waals surface area contributed by atoms with E-state index >= 15 is 0 Å². The van der Waals surface area contributed by atoms with Gasteiger partial charge in [0.25, 0.3) is 0 Å². The van der Waals surface area contributed by atoms with E-state index in [0.29, 0.717) is 26.3 Å². The Hall–Kier alpha value is -2.47. The maximum absolute atomic E-state index is 12.6. The van der Waals surface area contributed by atoms with Crippen LogP contribution >= 0.6 is 0 Å². The van der Waals surface area contributed by atoms with E-state index in [4.69, 9.17) is 13.9 Å². The molecule has 0 saturated carbocycles. The highest BCUT2D eigenvalue weighted by molar-refractivity contribution is 5.78. The van der Waals surface area contributed by atoms with E-state index in [1.807, 2.05) is 25.2 Å². The normalized spacial score (nSPS) is 19.5. The van der Waals surface area contributed by atoms with Crippen LogP contribution in [0.5, 0.6) is 11.5 Å².